The van der Waals surface area contributed by atoms with Crippen LogP contribution in [-0.4, -0.2) is 70.5 Å². The van der Waals surface area contributed by atoms with Gasteiger partial charge in [0.15, 0.2) is 0 Å². The van der Waals surface area contributed by atoms with E-state index in [2.05, 4.69) is 12.5 Å². The molecule has 0 saturated carbocycles. The van der Waals surface area contributed by atoms with Gasteiger partial charge in [-0.25, -0.2) is 13.4 Å². The molecule has 132 valence electrons. The lowest BCUT2D eigenvalue weighted by atomic mass is 10.2. The molecular weight excluding hydrogens is 328 g/mol. The summed E-state index contributed by atoms with van der Waals surface area (Å²) in [6, 6.07) is 9.16. The summed E-state index contributed by atoms with van der Waals surface area (Å²) in [5, 5.41) is 2.96. The average molecular weight is 353 g/mol. The molecule has 0 atom stereocenters. The van der Waals surface area contributed by atoms with Gasteiger partial charge in [0.25, 0.3) is 0 Å². The lowest BCUT2D eigenvalue weighted by molar-refractivity contribution is -0.884. The molecule has 0 aliphatic carbocycles. The van der Waals surface area contributed by atoms with Crippen LogP contribution in [0.1, 0.15) is 5.56 Å². The van der Waals surface area contributed by atoms with Gasteiger partial charge in [0, 0.05) is 12.5 Å². The molecule has 1 aliphatic rings. The first-order valence-electron chi connectivity index (χ1n) is 7.92. The molecule has 0 radical (unpaired) electrons. The number of quaternary nitrogens is 1. The van der Waals surface area contributed by atoms with Crippen molar-refractivity contribution in [2.45, 2.75) is 0 Å². The van der Waals surface area contributed by atoms with Crippen molar-refractivity contribution in [3.05, 3.63) is 41.3 Å². The molecule has 1 aromatic rings. The van der Waals surface area contributed by atoms with Crippen LogP contribution in [0.15, 0.2) is 35.7 Å². The lowest BCUT2D eigenvalue weighted by Gasteiger charge is -2.30. The van der Waals surface area contributed by atoms with Gasteiger partial charge in [-0.05, 0) is 11.6 Å². The van der Waals surface area contributed by atoms with Gasteiger partial charge in [-0.3, -0.25) is 10.2 Å². The third-order valence-corrected chi connectivity index (χ3v) is 5.41. The molecule has 1 aromatic carbocycles. The van der Waals surface area contributed by atoms with E-state index < -0.39 is 10.0 Å². The van der Waals surface area contributed by atoms with E-state index >= 15 is 0 Å². The molecule has 1 amide bonds. The predicted octanol–water partition coefficient (Wildman–Crippen LogP) is -1.22. The zero-order chi connectivity index (χ0) is 17.6. The maximum Gasteiger partial charge on any atom is 0.249 e. The van der Waals surface area contributed by atoms with E-state index in [9.17, 15) is 13.2 Å². The number of benzene rings is 1. The summed E-state index contributed by atoms with van der Waals surface area (Å²) in [4.78, 5) is 13.5. The highest BCUT2D eigenvalue weighted by Crippen LogP contribution is 2.06. The molecule has 0 spiro atoms. The third kappa shape index (κ3) is 5.72. The molecule has 0 bridgehead atoms. The number of nitrogens with one attached hydrogen (secondary N) is 2. The number of amides is 1. The van der Waals surface area contributed by atoms with Gasteiger partial charge >= 0.3 is 0 Å². The number of sulfonamides is 1. The summed E-state index contributed by atoms with van der Waals surface area (Å²) in [6.07, 6.45) is 1.52. The highest BCUT2D eigenvalue weighted by atomic mass is 32.2. The van der Waals surface area contributed by atoms with Crippen LogP contribution in [0.3, 0.4) is 0 Å². The normalized spacial score (nSPS) is 17.5. The first-order valence-corrected chi connectivity index (χ1v) is 9.42. The Morgan fingerprint density at radius 2 is 1.92 bits per heavy atom. The minimum absolute atomic E-state index is 0.208. The van der Waals surface area contributed by atoms with Crippen molar-refractivity contribution >= 4 is 22.0 Å². The van der Waals surface area contributed by atoms with E-state index in [4.69, 9.17) is 0 Å². The molecule has 0 unspecified atom stereocenters. The van der Waals surface area contributed by atoms with Crippen molar-refractivity contribution in [3.8, 4) is 0 Å². The molecule has 2 rings (SSSR count). The van der Waals surface area contributed by atoms with Crippen LogP contribution in [0.5, 0.6) is 0 Å². The van der Waals surface area contributed by atoms with Gasteiger partial charge < -0.3 is 4.90 Å². The van der Waals surface area contributed by atoms with Crippen molar-refractivity contribution < 1.29 is 18.1 Å². The Morgan fingerprint density at radius 1 is 1.29 bits per heavy atom. The third-order valence-electron chi connectivity index (χ3n) is 3.93. The molecule has 1 aliphatic heterocycles. The Labute approximate surface area is 143 Å². The van der Waals surface area contributed by atoms with Gasteiger partial charge in [0.05, 0.1) is 39.8 Å². The van der Waals surface area contributed by atoms with E-state index in [1.54, 1.807) is 0 Å². The van der Waals surface area contributed by atoms with E-state index in [-0.39, 0.29) is 12.5 Å². The topological polar surface area (TPSA) is 74.2 Å². The number of carbonyl (C=O) groups excluding carboxylic acids is 1. The van der Waals surface area contributed by atoms with Crippen LogP contribution in [0.4, 0.5) is 0 Å². The summed E-state index contributed by atoms with van der Waals surface area (Å²) in [7, 11) is -0.123. The van der Waals surface area contributed by atoms with Crippen LogP contribution in [0.25, 0.3) is 6.08 Å². The SMILES string of the molecule is CN(CC(=O)NN1CC[NH+](C)CC1)S(=O)(=O)/C=C/c1ccccc1. The Balaban J connectivity index is 1.87. The molecule has 1 heterocycles. The summed E-state index contributed by atoms with van der Waals surface area (Å²) < 4.78 is 25.5. The fraction of sp³-hybridized carbons (Fsp3) is 0.438. The standard InChI is InChI=1S/C16H24N4O3S/c1-18-9-11-20(12-10-18)17-16(21)14-19(2)24(22,23)13-8-15-6-4-3-5-7-15/h3-8,13H,9-12,14H2,1-2H3,(H,17,21)/p+1/b13-8+. The molecule has 1 fully saturated rings. The number of piperazine rings is 1. The van der Waals surface area contributed by atoms with E-state index in [0.717, 1.165) is 41.5 Å². The second kappa shape index (κ2) is 8.39. The smallest absolute Gasteiger partial charge is 0.249 e. The first kappa shape index (κ1) is 18.6. The van der Waals surface area contributed by atoms with Crippen molar-refractivity contribution in [1.29, 1.82) is 0 Å². The van der Waals surface area contributed by atoms with Crippen LogP contribution < -0.4 is 10.3 Å². The number of nitrogens with zero attached hydrogens (tertiary/aromatic N) is 2. The fourth-order valence-electron chi connectivity index (χ4n) is 2.34. The van der Waals surface area contributed by atoms with E-state index in [1.807, 2.05) is 35.3 Å². The summed E-state index contributed by atoms with van der Waals surface area (Å²) >= 11 is 0. The van der Waals surface area contributed by atoms with Crippen LogP contribution in [0, 0.1) is 0 Å². The minimum atomic E-state index is -3.63. The number of hydrogen-bond donors (Lipinski definition) is 2. The summed E-state index contributed by atoms with van der Waals surface area (Å²) in [5.74, 6) is -0.325. The van der Waals surface area contributed by atoms with E-state index in [1.165, 1.54) is 18.0 Å². The van der Waals surface area contributed by atoms with Gasteiger partial charge in [-0.2, -0.15) is 4.31 Å². The fourth-order valence-corrected chi connectivity index (χ4v) is 3.17. The molecule has 7 nitrogen and oxygen atoms in total. The Kier molecular flexibility index (Phi) is 6.50. The predicted molar refractivity (Wildman–Crippen MR) is 93.4 cm³/mol. The molecule has 1 saturated heterocycles. The summed E-state index contributed by atoms with van der Waals surface area (Å²) in [5.41, 5.74) is 3.56. The largest absolute Gasteiger partial charge is 0.335 e. The zero-order valence-electron chi connectivity index (χ0n) is 14.1. The monoisotopic (exact) mass is 353 g/mol. The number of carbonyl (C=O) groups is 1. The minimum Gasteiger partial charge on any atom is -0.335 e. The highest BCUT2D eigenvalue weighted by Gasteiger charge is 2.21. The second-order valence-corrected chi connectivity index (χ2v) is 7.92. The second-order valence-electron chi connectivity index (χ2n) is 5.99. The first-order chi connectivity index (χ1) is 11.4. The van der Waals surface area contributed by atoms with Crippen molar-refractivity contribution in [2.24, 2.45) is 0 Å². The van der Waals surface area contributed by atoms with Crippen molar-refractivity contribution in [1.82, 2.24) is 14.7 Å². The van der Waals surface area contributed by atoms with Crippen LogP contribution in [-0.2, 0) is 14.8 Å². The number of hydrogen-bond acceptors (Lipinski definition) is 4. The maximum absolute atomic E-state index is 12.2. The van der Waals surface area contributed by atoms with Crippen molar-refractivity contribution in [2.75, 3.05) is 46.8 Å². The van der Waals surface area contributed by atoms with Gasteiger partial charge in [-0.15, -0.1) is 0 Å². The molecule has 0 aromatic heterocycles. The molecule has 2 N–H and O–H groups in total. The quantitative estimate of drug-likeness (QED) is 0.672. The molecular formula is C16H25N4O3S+. The van der Waals surface area contributed by atoms with Crippen LogP contribution in [0.2, 0.25) is 0 Å². The summed E-state index contributed by atoms with van der Waals surface area (Å²) in [6.45, 7) is 3.23. The maximum atomic E-state index is 12.2. The Bertz CT molecular complexity index is 668. The van der Waals surface area contributed by atoms with Gasteiger partial charge in [0.1, 0.15) is 0 Å². The number of hydrazine groups is 1. The van der Waals surface area contributed by atoms with Gasteiger partial charge in [-0.1, -0.05) is 30.3 Å². The molecule has 8 heteroatoms. The Morgan fingerprint density at radius 3 is 2.54 bits per heavy atom. The number of likely N-dealkylation sites (N-methyl/N-ethyl adjacent to an activating group) is 2. The molecule has 24 heavy (non-hydrogen) atoms. The van der Waals surface area contributed by atoms with Gasteiger partial charge in [0.2, 0.25) is 15.9 Å². The Hall–Kier alpha value is -1.74. The van der Waals surface area contributed by atoms with E-state index in [0.29, 0.717) is 0 Å². The van der Waals surface area contributed by atoms with Crippen molar-refractivity contribution in [3.63, 3.8) is 0 Å². The highest BCUT2D eigenvalue weighted by molar-refractivity contribution is 7.92. The zero-order valence-corrected chi connectivity index (χ0v) is 14.9. The lowest BCUT2D eigenvalue weighted by Crippen LogP contribution is -3.12. The van der Waals surface area contributed by atoms with Crippen LogP contribution >= 0.6 is 0 Å². The average Bonchev–Trinajstić information content (AvgIpc) is 2.56. The number of rotatable bonds is 6.